The number of carbonyl (C=O) groups excluding carboxylic acids is 1. The number of carbonyl (C=O) groups is 1. The molecule has 1 fully saturated rings. The Balaban J connectivity index is 2.09. The molecule has 0 aromatic rings. The van der Waals surface area contributed by atoms with E-state index in [-0.39, 0.29) is 17.6 Å². The van der Waals surface area contributed by atoms with E-state index in [2.05, 4.69) is 10.6 Å². The molecular weight excluding hydrogens is 204 g/mol. The summed E-state index contributed by atoms with van der Waals surface area (Å²) in [6, 6.07) is 0. The molecule has 94 valence electrons. The highest BCUT2D eigenvalue weighted by atomic mass is 16.5. The summed E-state index contributed by atoms with van der Waals surface area (Å²) in [5.41, 5.74) is -0.0152. The quantitative estimate of drug-likeness (QED) is 0.756. The van der Waals surface area contributed by atoms with E-state index < -0.39 is 0 Å². The number of nitrogens with one attached hydrogen (secondary N) is 2. The number of hydrogen-bond donors (Lipinski definition) is 2. The Hall–Kier alpha value is -0.610. The standard InChI is InChI=1S/C12H24N2O2/c1-12(2,3)14-9-11(15)13-8-10-6-4-5-7-16-10/h10,14H,4-9H2,1-3H3,(H,13,15). The van der Waals surface area contributed by atoms with E-state index in [0.717, 1.165) is 19.4 Å². The second-order valence-corrected chi connectivity index (χ2v) is 5.40. The molecule has 1 aliphatic rings. The maximum atomic E-state index is 11.5. The molecular formula is C12H24N2O2. The van der Waals surface area contributed by atoms with E-state index in [0.29, 0.717) is 13.1 Å². The molecule has 1 heterocycles. The van der Waals surface area contributed by atoms with Crippen LogP contribution in [0.15, 0.2) is 0 Å². The van der Waals surface area contributed by atoms with Crippen molar-refractivity contribution >= 4 is 5.91 Å². The minimum atomic E-state index is -0.0152. The van der Waals surface area contributed by atoms with Crippen molar-refractivity contribution in [2.24, 2.45) is 0 Å². The van der Waals surface area contributed by atoms with Gasteiger partial charge in [-0.1, -0.05) is 0 Å². The maximum absolute atomic E-state index is 11.5. The average Bonchev–Trinajstić information content (AvgIpc) is 2.24. The zero-order valence-electron chi connectivity index (χ0n) is 10.6. The first kappa shape index (κ1) is 13.5. The number of amides is 1. The molecule has 1 rings (SSSR count). The Morgan fingerprint density at radius 1 is 1.38 bits per heavy atom. The Morgan fingerprint density at radius 3 is 2.69 bits per heavy atom. The lowest BCUT2D eigenvalue weighted by Gasteiger charge is -2.24. The fourth-order valence-corrected chi connectivity index (χ4v) is 1.60. The Labute approximate surface area is 98.1 Å². The second kappa shape index (κ2) is 6.21. The van der Waals surface area contributed by atoms with Gasteiger partial charge in [0.2, 0.25) is 5.91 Å². The molecule has 1 saturated heterocycles. The van der Waals surface area contributed by atoms with Gasteiger partial charge in [0, 0.05) is 18.7 Å². The van der Waals surface area contributed by atoms with Crippen molar-refractivity contribution < 1.29 is 9.53 Å². The normalized spacial score (nSPS) is 21.8. The molecule has 1 atom stereocenters. The van der Waals surface area contributed by atoms with Crippen molar-refractivity contribution in [2.75, 3.05) is 19.7 Å². The first-order valence-electron chi connectivity index (χ1n) is 6.11. The lowest BCUT2D eigenvalue weighted by atomic mass is 10.1. The van der Waals surface area contributed by atoms with Gasteiger partial charge < -0.3 is 15.4 Å². The van der Waals surface area contributed by atoms with Crippen LogP contribution in [0, 0.1) is 0 Å². The van der Waals surface area contributed by atoms with E-state index in [1.54, 1.807) is 0 Å². The van der Waals surface area contributed by atoms with Gasteiger partial charge in [0.15, 0.2) is 0 Å². The number of ether oxygens (including phenoxy) is 1. The maximum Gasteiger partial charge on any atom is 0.234 e. The van der Waals surface area contributed by atoms with Gasteiger partial charge in [0.1, 0.15) is 0 Å². The van der Waals surface area contributed by atoms with E-state index >= 15 is 0 Å². The molecule has 4 nitrogen and oxygen atoms in total. The minimum Gasteiger partial charge on any atom is -0.376 e. The van der Waals surface area contributed by atoms with Gasteiger partial charge in [0.05, 0.1) is 12.6 Å². The number of hydrogen-bond acceptors (Lipinski definition) is 3. The predicted octanol–water partition coefficient (Wildman–Crippen LogP) is 1.06. The van der Waals surface area contributed by atoms with Crippen LogP contribution in [0.3, 0.4) is 0 Å². The lowest BCUT2D eigenvalue weighted by molar-refractivity contribution is -0.121. The van der Waals surface area contributed by atoms with Gasteiger partial charge >= 0.3 is 0 Å². The molecule has 0 spiro atoms. The summed E-state index contributed by atoms with van der Waals surface area (Å²) in [5, 5.41) is 6.06. The highest BCUT2D eigenvalue weighted by Crippen LogP contribution is 2.11. The van der Waals surface area contributed by atoms with Crippen LogP contribution >= 0.6 is 0 Å². The van der Waals surface area contributed by atoms with Crippen molar-refractivity contribution in [2.45, 2.75) is 51.7 Å². The molecule has 0 aliphatic carbocycles. The van der Waals surface area contributed by atoms with E-state index in [4.69, 9.17) is 4.74 Å². The third-order valence-corrected chi connectivity index (χ3v) is 2.58. The van der Waals surface area contributed by atoms with Gasteiger partial charge in [-0.3, -0.25) is 4.79 Å². The van der Waals surface area contributed by atoms with E-state index in [1.807, 2.05) is 20.8 Å². The summed E-state index contributed by atoms with van der Waals surface area (Å²) in [6.07, 6.45) is 3.64. The zero-order valence-corrected chi connectivity index (χ0v) is 10.6. The second-order valence-electron chi connectivity index (χ2n) is 5.40. The van der Waals surface area contributed by atoms with Gasteiger partial charge in [-0.2, -0.15) is 0 Å². The van der Waals surface area contributed by atoms with Crippen LogP contribution in [-0.4, -0.2) is 37.2 Å². The minimum absolute atomic E-state index is 0.0152. The van der Waals surface area contributed by atoms with Crippen molar-refractivity contribution in [3.63, 3.8) is 0 Å². The van der Waals surface area contributed by atoms with Crippen molar-refractivity contribution in [3.8, 4) is 0 Å². The average molecular weight is 228 g/mol. The first-order valence-corrected chi connectivity index (χ1v) is 6.11. The van der Waals surface area contributed by atoms with Crippen LogP contribution in [-0.2, 0) is 9.53 Å². The highest BCUT2D eigenvalue weighted by molar-refractivity contribution is 5.78. The number of rotatable bonds is 4. The van der Waals surface area contributed by atoms with Crippen molar-refractivity contribution in [1.82, 2.24) is 10.6 Å². The van der Waals surface area contributed by atoms with Crippen LogP contribution in [0.5, 0.6) is 0 Å². The van der Waals surface area contributed by atoms with Gasteiger partial charge in [0.25, 0.3) is 0 Å². The monoisotopic (exact) mass is 228 g/mol. The summed E-state index contributed by atoms with van der Waals surface area (Å²) in [6.45, 7) is 7.99. The largest absolute Gasteiger partial charge is 0.376 e. The van der Waals surface area contributed by atoms with Gasteiger partial charge in [-0.15, -0.1) is 0 Å². The smallest absolute Gasteiger partial charge is 0.234 e. The molecule has 16 heavy (non-hydrogen) atoms. The Kier molecular flexibility index (Phi) is 5.22. The van der Waals surface area contributed by atoms with Crippen LogP contribution in [0.1, 0.15) is 40.0 Å². The molecule has 1 aliphatic heterocycles. The molecule has 0 radical (unpaired) electrons. The van der Waals surface area contributed by atoms with Crippen molar-refractivity contribution in [1.29, 1.82) is 0 Å². The summed E-state index contributed by atoms with van der Waals surface area (Å²) in [5.74, 6) is 0.0455. The Morgan fingerprint density at radius 2 is 2.12 bits per heavy atom. The topological polar surface area (TPSA) is 50.4 Å². The fraction of sp³-hybridized carbons (Fsp3) is 0.917. The van der Waals surface area contributed by atoms with Crippen molar-refractivity contribution in [3.05, 3.63) is 0 Å². The molecule has 2 N–H and O–H groups in total. The summed E-state index contributed by atoms with van der Waals surface area (Å²) < 4.78 is 5.54. The van der Waals surface area contributed by atoms with E-state index in [9.17, 15) is 4.79 Å². The predicted molar refractivity (Wildman–Crippen MR) is 64.4 cm³/mol. The van der Waals surface area contributed by atoms with Gasteiger partial charge in [-0.05, 0) is 40.0 Å². The summed E-state index contributed by atoms with van der Waals surface area (Å²) in [7, 11) is 0. The summed E-state index contributed by atoms with van der Waals surface area (Å²) in [4.78, 5) is 11.5. The summed E-state index contributed by atoms with van der Waals surface area (Å²) >= 11 is 0. The lowest BCUT2D eigenvalue weighted by Crippen LogP contribution is -2.45. The third kappa shape index (κ3) is 6.08. The zero-order chi connectivity index (χ0) is 12.0. The van der Waals surface area contributed by atoms with E-state index in [1.165, 1.54) is 6.42 Å². The molecule has 0 aromatic carbocycles. The SMILES string of the molecule is CC(C)(C)NCC(=O)NCC1CCCCO1. The first-order chi connectivity index (χ1) is 7.47. The van der Waals surface area contributed by atoms with Crippen LogP contribution < -0.4 is 10.6 Å². The molecule has 0 aromatic heterocycles. The molecule has 4 heteroatoms. The molecule has 1 amide bonds. The van der Waals surface area contributed by atoms with Crippen LogP contribution in [0.25, 0.3) is 0 Å². The molecule has 0 saturated carbocycles. The van der Waals surface area contributed by atoms with Crippen LogP contribution in [0.2, 0.25) is 0 Å². The van der Waals surface area contributed by atoms with Crippen LogP contribution in [0.4, 0.5) is 0 Å². The Bertz CT molecular complexity index is 218. The highest BCUT2D eigenvalue weighted by Gasteiger charge is 2.15. The molecule has 1 unspecified atom stereocenters. The van der Waals surface area contributed by atoms with Gasteiger partial charge in [-0.25, -0.2) is 0 Å². The molecule has 0 bridgehead atoms. The fourth-order valence-electron chi connectivity index (χ4n) is 1.60. The third-order valence-electron chi connectivity index (χ3n) is 2.58.